The van der Waals surface area contributed by atoms with E-state index in [0.717, 1.165) is 4.90 Å². The average molecular weight is 295 g/mol. The molecule has 1 aliphatic rings. The molecule has 2 rings (SSSR count). The smallest absolute Gasteiger partial charge is 0.366 e. The lowest BCUT2D eigenvalue weighted by Crippen LogP contribution is -2.50. The number of hydrogen-bond donors (Lipinski definition) is 2. The molecule has 3 N–H and O–H groups in total. The van der Waals surface area contributed by atoms with Gasteiger partial charge in [0.05, 0.1) is 0 Å². The third-order valence-electron chi connectivity index (χ3n) is 2.91. The molecule has 10 nitrogen and oxygen atoms in total. The monoisotopic (exact) mass is 295 g/mol. The van der Waals surface area contributed by atoms with Gasteiger partial charge in [-0.15, -0.1) is 0 Å². The zero-order chi connectivity index (χ0) is 15.6. The molecule has 0 fully saturated rings. The number of carbonyl (C=O) groups is 2. The molecule has 0 bridgehead atoms. The Labute approximate surface area is 119 Å². The Hall–Kier alpha value is -2.75. The first-order valence-electron chi connectivity index (χ1n) is 6.10. The number of amides is 2. The summed E-state index contributed by atoms with van der Waals surface area (Å²) >= 11 is 0. The lowest BCUT2D eigenvalue weighted by atomic mass is 10.2. The van der Waals surface area contributed by atoms with Gasteiger partial charge in [0.25, 0.3) is 17.6 Å². The van der Waals surface area contributed by atoms with E-state index in [1.54, 1.807) is 6.92 Å². The van der Waals surface area contributed by atoms with E-state index in [1.807, 2.05) is 5.43 Å². The molecule has 2 amide bonds. The highest BCUT2D eigenvalue weighted by Gasteiger charge is 2.38. The van der Waals surface area contributed by atoms with Crippen molar-refractivity contribution in [2.75, 3.05) is 11.4 Å². The van der Waals surface area contributed by atoms with Crippen LogP contribution in [0.1, 0.15) is 13.3 Å². The molecule has 112 valence electrons. The highest BCUT2D eigenvalue weighted by Crippen LogP contribution is 2.34. The molecule has 2 heterocycles. The first-order chi connectivity index (χ1) is 9.97. The van der Waals surface area contributed by atoms with Gasteiger partial charge in [-0.3, -0.25) is 19.9 Å². The zero-order valence-corrected chi connectivity index (χ0v) is 11.1. The van der Waals surface area contributed by atoms with Crippen molar-refractivity contribution in [3.8, 4) is 5.75 Å². The van der Waals surface area contributed by atoms with Gasteiger partial charge in [-0.05, 0) is 22.4 Å². The van der Waals surface area contributed by atoms with Crippen molar-refractivity contribution in [1.29, 1.82) is 0 Å². The Bertz CT molecular complexity index is 605. The third-order valence-corrected chi connectivity index (χ3v) is 2.91. The molecule has 0 spiro atoms. The van der Waals surface area contributed by atoms with Crippen molar-refractivity contribution in [2.45, 2.75) is 19.4 Å². The summed E-state index contributed by atoms with van der Waals surface area (Å²) < 4.78 is 5.43. The standard InChI is InChI=1S/C11H13N5O5/c1-2-6-11(18)15(5-9(17)14-12)10-7(21-6)3-4-8(13-10)16(19)20/h3-4,6H,2,5,12H2,1H3,(H,14,17). The van der Waals surface area contributed by atoms with E-state index in [1.165, 1.54) is 12.1 Å². The normalized spacial score (nSPS) is 17.0. The molecule has 10 heteroatoms. The number of anilines is 1. The quantitative estimate of drug-likeness (QED) is 0.329. The maximum Gasteiger partial charge on any atom is 0.366 e. The van der Waals surface area contributed by atoms with Gasteiger partial charge in [-0.1, -0.05) is 6.92 Å². The second-order valence-electron chi connectivity index (χ2n) is 4.25. The van der Waals surface area contributed by atoms with Crippen LogP contribution in [-0.4, -0.2) is 34.4 Å². The van der Waals surface area contributed by atoms with E-state index < -0.39 is 35.2 Å². The van der Waals surface area contributed by atoms with Crippen molar-refractivity contribution in [2.24, 2.45) is 5.84 Å². The number of rotatable bonds is 4. The highest BCUT2D eigenvalue weighted by molar-refractivity contribution is 6.02. The Kier molecular flexibility index (Phi) is 3.98. The molecule has 0 saturated heterocycles. The number of nitro groups is 1. The predicted octanol–water partition coefficient (Wildman–Crippen LogP) is -0.516. The second-order valence-corrected chi connectivity index (χ2v) is 4.25. The number of pyridine rings is 1. The van der Waals surface area contributed by atoms with Crippen molar-refractivity contribution >= 4 is 23.5 Å². The molecule has 0 saturated carbocycles. The molecular weight excluding hydrogens is 282 g/mol. The van der Waals surface area contributed by atoms with Crippen LogP contribution in [0, 0.1) is 10.1 Å². The number of aromatic nitrogens is 1. The van der Waals surface area contributed by atoms with Crippen molar-refractivity contribution in [1.82, 2.24) is 10.4 Å². The zero-order valence-electron chi connectivity index (χ0n) is 11.1. The Morgan fingerprint density at radius 1 is 1.62 bits per heavy atom. The number of nitrogens with two attached hydrogens (primary N) is 1. The van der Waals surface area contributed by atoms with Crippen molar-refractivity contribution < 1.29 is 19.2 Å². The fraction of sp³-hybridized carbons (Fsp3) is 0.364. The molecule has 1 unspecified atom stereocenters. The van der Waals surface area contributed by atoms with Crippen LogP contribution < -0.4 is 20.9 Å². The van der Waals surface area contributed by atoms with E-state index in [9.17, 15) is 19.7 Å². The fourth-order valence-electron chi connectivity index (χ4n) is 1.89. The van der Waals surface area contributed by atoms with Crippen molar-refractivity contribution in [3.63, 3.8) is 0 Å². The lowest BCUT2D eigenvalue weighted by Gasteiger charge is -2.29. The fourth-order valence-corrected chi connectivity index (χ4v) is 1.89. The molecule has 1 aromatic rings. The van der Waals surface area contributed by atoms with Crippen LogP contribution in [0.2, 0.25) is 0 Å². The van der Waals surface area contributed by atoms with E-state index in [-0.39, 0.29) is 11.6 Å². The minimum Gasteiger partial charge on any atom is -0.474 e. The molecule has 1 atom stereocenters. The summed E-state index contributed by atoms with van der Waals surface area (Å²) in [7, 11) is 0. The van der Waals surface area contributed by atoms with Gasteiger partial charge in [0.2, 0.25) is 0 Å². The molecule has 1 aromatic heterocycles. The molecule has 0 radical (unpaired) electrons. The van der Waals surface area contributed by atoms with Crippen molar-refractivity contribution in [3.05, 3.63) is 22.2 Å². The molecule has 1 aliphatic heterocycles. The van der Waals surface area contributed by atoms with Gasteiger partial charge in [-0.25, -0.2) is 5.84 Å². The summed E-state index contributed by atoms with van der Waals surface area (Å²) in [6.07, 6.45) is -0.387. The van der Waals surface area contributed by atoms with Crippen LogP contribution in [0.3, 0.4) is 0 Å². The Morgan fingerprint density at radius 2 is 2.33 bits per heavy atom. The van der Waals surface area contributed by atoms with Gasteiger partial charge < -0.3 is 14.9 Å². The van der Waals surface area contributed by atoms with Crippen LogP contribution in [0.5, 0.6) is 5.75 Å². The summed E-state index contributed by atoms with van der Waals surface area (Å²) in [4.78, 5) is 38.5. The maximum atomic E-state index is 12.2. The summed E-state index contributed by atoms with van der Waals surface area (Å²) in [6.45, 7) is 1.35. The maximum absolute atomic E-state index is 12.2. The number of fused-ring (bicyclic) bond motifs is 1. The number of nitrogens with zero attached hydrogens (tertiary/aromatic N) is 3. The molecule has 0 aliphatic carbocycles. The van der Waals surface area contributed by atoms with E-state index in [0.29, 0.717) is 6.42 Å². The third kappa shape index (κ3) is 2.74. The minimum atomic E-state index is -0.772. The lowest BCUT2D eigenvalue weighted by molar-refractivity contribution is -0.389. The van der Waals surface area contributed by atoms with Crippen LogP contribution in [-0.2, 0) is 9.59 Å². The largest absolute Gasteiger partial charge is 0.474 e. The summed E-state index contributed by atoms with van der Waals surface area (Å²) in [5, 5.41) is 10.8. The first kappa shape index (κ1) is 14.7. The van der Waals surface area contributed by atoms with Gasteiger partial charge in [0.1, 0.15) is 6.54 Å². The van der Waals surface area contributed by atoms with Crippen LogP contribution >= 0.6 is 0 Å². The van der Waals surface area contributed by atoms with E-state index in [2.05, 4.69) is 4.98 Å². The van der Waals surface area contributed by atoms with E-state index >= 15 is 0 Å². The Morgan fingerprint density at radius 3 is 2.90 bits per heavy atom. The summed E-state index contributed by atoms with van der Waals surface area (Å²) in [5.74, 6) is 3.57. The molecule has 21 heavy (non-hydrogen) atoms. The minimum absolute atomic E-state index is 0.0671. The number of nitrogens with one attached hydrogen (secondary N) is 1. The van der Waals surface area contributed by atoms with E-state index in [4.69, 9.17) is 10.6 Å². The number of ether oxygens (including phenoxy) is 1. The van der Waals surface area contributed by atoms with Gasteiger partial charge in [0.15, 0.2) is 11.9 Å². The van der Waals surface area contributed by atoms with Gasteiger partial charge >= 0.3 is 5.82 Å². The summed E-state index contributed by atoms with van der Waals surface area (Å²) in [5.41, 5.74) is 1.90. The highest BCUT2D eigenvalue weighted by atomic mass is 16.6. The molecule has 0 aromatic carbocycles. The van der Waals surface area contributed by atoms with Crippen LogP contribution in [0.25, 0.3) is 0 Å². The van der Waals surface area contributed by atoms with Gasteiger partial charge in [0, 0.05) is 6.07 Å². The second kappa shape index (κ2) is 5.71. The van der Waals surface area contributed by atoms with Gasteiger partial charge in [-0.2, -0.15) is 0 Å². The predicted molar refractivity (Wildman–Crippen MR) is 70.3 cm³/mol. The number of hydrazine groups is 1. The molecular formula is C11H13N5O5. The average Bonchev–Trinajstić information content (AvgIpc) is 2.48. The van der Waals surface area contributed by atoms with Crippen LogP contribution in [0.4, 0.5) is 11.6 Å². The number of carbonyl (C=O) groups excluding carboxylic acids is 2. The number of hydrogen-bond acceptors (Lipinski definition) is 7. The van der Waals surface area contributed by atoms with Crippen LogP contribution in [0.15, 0.2) is 12.1 Å². The SMILES string of the molecule is CCC1Oc2ccc([N+](=O)[O-])nc2N(CC(=O)NN)C1=O. The Balaban J connectivity index is 2.46. The first-order valence-corrected chi connectivity index (χ1v) is 6.10. The topological polar surface area (TPSA) is 141 Å². The summed E-state index contributed by atoms with van der Waals surface area (Å²) in [6, 6.07) is 2.52.